The first-order chi connectivity index (χ1) is 13.2. The van der Waals surface area contributed by atoms with E-state index in [2.05, 4.69) is 15.3 Å². The van der Waals surface area contributed by atoms with Crippen molar-refractivity contribution in [1.82, 2.24) is 14.9 Å². The van der Waals surface area contributed by atoms with Crippen LogP contribution in [0.5, 0.6) is 0 Å². The van der Waals surface area contributed by atoms with E-state index in [0.29, 0.717) is 37.4 Å². The molecule has 0 unspecified atom stereocenters. The van der Waals surface area contributed by atoms with Crippen molar-refractivity contribution in [2.24, 2.45) is 0 Å². The van der Waals surface area contributed by atoms with Gasteiger partial charge in [0.2, 0.25) is 5.91 Å². The van der Waals surface area contributed by atoms with Gasteiger partial charge in [-0.15, -0.1) is 0 Å². The fourth-order valence-corrected chi connectivity index (χ4v) is 2.93. The van der Waals surface area contributed by atoms with E-state index < -0.39 is 11.9 Å². The predicted molar refractivity (Wildman–Crippen MR) is 95.9 cm³/mol. The zero-order valence-electron chi connectivity index (χ0n) is 15.0. The van der Waals surface area contributed by atoms with Crippen LogP contribution in [0.3, 0.4) is 0 Å². The zero-order valence-corrected chi connectivity index (χ0v) is 15.0. The number of halogens is 3. The molecule has 2 heterocycles. The summed E-state index contributed by atoms with van der Waals surface area (Å²) in [6, 6.07) is 7.52. The molecule has 28 heavy (non-hydrogen) atoms. The van der Waals surface area contributed by atoms with Crippen LogP contribution in [0.2, 0.25) is 0 Å². The van der Waals surface area contributed by atoms with Crippen molar-refractivity contribution in [2.45, 2.75) is 13.1 Å². The lowest BCUT2D eigenvalue weighted by atomic mass is 10.1. The van der Waals surface area contributed by atoms with Crippen LogP contribution in [0.1, 0.15) is 23.0 Å². The summed E-state index contributed by atoms with van der Waals surface area (Å²) in [4.78, 5) is 34.3. The number of benzene rings is 1. The molecule has 1 aliphatic heterocycles. The number of carbonyl (C=O) groups excluding carboxylic acids is 2. The number of hydrogen-bond acceptors (Lipinski definition) is 5. The van der Waals surface area contributed by atoms with Gasteiger partial charge >= 0.3 is 6.18 Å². The molecule has 1 aromatic heterocycles. The van der Waals surface area contributed by atoms with Gasteiger partial charge in [-0.2, -0.15) is 13.2 Å². The van der Waals surface area contributed by atoms with Gasteiger partial charge in [-0.3, -0.25) is 9.59 Å². The number of nitrogens with one attached hydrogen (secondary N) is 1. The Bertz CT molecular complexity index is 880. The maximum absolute atomic E-state index is 12.8. The molecule has 0 saturated carbocycles. The highest BCUT2D eigenvalue weighted by molar-refractivity contribution is 5.97. The van der Waals surface area contributed by atoms with Crippen molar-refractivity contribution in [3.8, 4) is 0 Å². The maximum Gasteiger partial charge on any atom is 0.433 e. The van der Waals surface area contributed by atoms with E-state index in [0.717, 1.165) is 12.4 Å². The van der Waals surface area contributed by atoms with Crippen molar-refractivity contribution in [2.75, 3.05) is 36.4 Å². The van der Waals surface area contributed by atoms with E-state index in [4.69, 9.17) is 0 Å². The normalized spacial score (nSPS) is 14.7. The van der Waals surface area contributed by atoms with Crippen LogP contribution in [0, 0.1) is 0 Å². The van der Waals surface area contributed by atoms with E-state index in [1.54, 1.807) is 34.1 Å². The Morgan fingerprint density at radius 3 is 2.43 bits per heavy atom. The maximum atomic E-state index is 12.8. The number of hydrogen-bond donors (Lipinski definition) is 1. The molecule has 2 amide bonds. The van der Waals surface area contributed by atoms with E-state index >= 15 is 0 Å². The molecule has 0 aliphatic carbocycles. The topological polar surface area (TPSA) is 78.4 Å². The molecule has 148 valence electrons. The molecule has 1 saturated heterocycles. The van der Waals surface area contributed by atoms with Crippen molar-refractivity contribution in [3.63, 3.8) is 0 Å². The third-order valence-corrected chi connectivity index (χ3v) is 4.26. The Labute approximate surface area is 159 Å². The van der Waals surface area contributed by atoms with Gasteiger partial charge in [0.25, 0.3) is 5.91 Å². The third-order valence-electron chi connectivity index (χ3n) is 4.26. The lowest BCUT2D eigenvalue weighted by Crippen LogP contribution is -2.49. The molecule has 3 rings (SSSR count). The third kappa shape index (κ3) is 4.56. The number of aromatic nitrogens is 2. The van der Waals surface area contributed by atoms with Gasteiger partial charge in [0.1, 0.15) is 17.8 Å². The van der Waals surface area contributed by atoms with Crippen LogP contribution in [0.15, 0.2) is 36.7 Å². The SMILES string of the molecule is CC(=O)Nc1cccc(C(=O)N2CCN(c3cc(C(F)(F)F)ncn3)CC2)c1. The second-order valence-electron chi connectivity index (χ2n) is 6.30. The minimum absolute atomic E-state index is 0.182. The molecule has 1 aliphatic rings. The largest absolute Gasteiger partial charge is 0.433 e. The Balaban J connectivity index is 1.65. The van der Waals surface area contributed by atoms with Crippen LogP contribution in [-0.4, -0.2) is 52.9 Å². The van der Waals surface area contributed by atoms with E-state index in [1.807, 2.05) is 0 Å². The van der Waals surface area contributed by atoms with E-state index in [1.165, 1.54) is 6.92 Å². The average Bonchev–Trinajstić information content (AvgIpc) is 2.67. The number of nitrogens with zero attached hydrogens (tertiary/aromatic N) is 4. The van der Waals surface area contributed by atoms with Gasteiger partial charge in [0.15, 0.2) is 0 Å². The first kappa shape index (κ1) is 19.6. The lowest BCUT2D eigenvalue weighted by molar-refractivity contribution is -0.141. The molecule has 1 aromatic carbocycles. The molecule has 0 spiro atoms. The second kappa shape index (κ2) is 7.83. The second-order valence-corrected chi connectivity index (χ2v) is 6.30. The Morgan fingerprint density at radius 1 is 1.07 bits per heavy atom. The van der Waals surface area contributed by atoms with Crippen molar-refractivity contribution in [3.05, 3.63) is 47.9 Å². The molecular weight excluding hydrogens is 375 g/mol. The Morgan fingerprint density at radius 2 is 1.79 bits per heavy atom. The van der Waals surface area contributed by atoms with Gasteiger partial charge in [0, 0.05) is 50.4 Å². The molecule has 1 N–H and O–H groups in total. The van der Waals surface area contributed by atoms with Crippen LogP contribution in [0.25, 0.3) is 0 Å². The van der Waals surface area contributed by atoms with Gasteiger partial charge < -0.3 is 15.1 Å². The minimum atomic E-state index is -4.53. The molecule has 1 fully saturated rings. The first-order valence-electron chi connectivity index (χ1n) is 8.55. The Kier molecular flexibility index (Phi) is 5.48. The summed E-state index contributed by atoms with van der Waals surface area (Å²) in [7, 11) is 0. The number of alkyl halides is 3. The molecule has 0 atom stereocenters. The smallest absolute Gasteiger partial charge is 0.353 e. The molecule has 0 radical (unpaired) electrons. The zero-order chi connectivity index (χ0) is 20.3. The number of carbonyl (C=O) groups is 2. The van der Waals surface area contributed by atoms with Crippen molar-refractivity contribution in [1.29, 1.82) is 0 Å². The van der Waals surface area contributed by atoms with Crippen LogP contribution < -0.4 is 10.2 Å². The van der Waals surface area contributed by atoms with Gasteiger partial charge in [-0.25, -0.2) is 9.97 Å². The van der Waals surface area contributed by atoms with Gasteiger partial charge in [-0.05, 0) is 18.2 Å². The highest BCUT2D eigenvalue weighted by atomic mass is 19.4. The monoisotopic (exact) mass is 393 g/mol. The first-order valence-corrected chi connectivity index (χ1v) is 8.55. The predicted octanol–water partition coefficient (Wildman–Crippen LogP) is 2.42. The summed E-state index contributed by atoms with van der Waals surface area (Å²) in [5, 5.41) is 2.62. The van der Waals surface area contributed by atoms with Gasteiger partial charge in [0.05, 0.1) is 0 Å². The standard InChI is InChI=1S/C18H18F3N5O2/c1-12(27)24-14-4-2-3-13(9-14)17(28)26-7-5-25(6-8-26)16-10-15(18(19,20)21)22-11-23-16/h2-4,9-11H,5-8H2,1H3,(H,24,27). The van der Waals surface area contributed by atoms with Crippen LogP contribution in [0.4, 0.5) is 24.7 Å². The highest BCUT2D eigenvalue weighted by Crippen LogP contribution is 2.29. The summed E-state index contributed by atoms with van der Waals surface area (Å²) in [6.07, 6.45) is -3.64. The highest BCUT2D eigenvalue weighted by Gasteiger charge is 2.33. The summed E-state index contributed by atoms with van der Waals surface area (Å²) in [6.45, 7) is 2.77. The van der Waals surface area contributed by atoms with Crippen molar-refractivity contribution >= 4 is 23.3 Å². The molecule has 10 heteroatoms. The summed E-state index contributed by atoms with van der Waals surface area (Å²) in [5.74, 6) is -0.256. The lowest BCUT2D eigenvalue weighted by Gasteiger charge is -2.35. The molecule has 7 nitrogen and oxygen atoms in total. The van der Waals surface area contributed by atoms with Gasteiger partial charge in [-0.1, -0.05) is 6.07 Å². The van der Waals surface area contributed by atoms with E-state index in [9.17, 15) is 22.8 Å². The Hall–Kier alpha value is -3.17. The quantitative estimate of drug-likeness (QED) is 0.867. The number of piperazine rings is 1. The summed E-state index contributed by atoms with van der Waals surface area (Å²) in [5.41, 5.74) is -0.0375. The minimum Gasteiger partial charge on any atom is -0.353 e. The van der Waals surface area contributed by atoms with Crippen LogP contribution >= 0.6 is 0 Å². The van der Waals surface area contributed by atoms with E-state index in [-0.39, 0.29) is 17.6 Å². The molecule has 2 aromatic rings. The summed E-state index contributed by atoms with van der Waals surface area (Å²) < 4.78 is 38.4. The van der Waals surface area contributed by atoms with Crippen molar-refractivity contribution < 1.29 is 22.8 Å². The van der Waals surface area contributed by atoms with Crippen LogP contribution in [-0.2, 0) is 11.0 Å². The molecule has 0 bridgehead atoms. The summed E-state index contributed by atoms with van der Waals surface area (Å²) >= 11 is 0. The number of anilines is 2. The fraction of sp³-hybridized carbons (Fsp3) is 0.333. The average molecular weight is 393 g/mol. The molecular formula is C18H18F3N5O2. The fourth-order valence-electron chi connectivity index (χ4n) is 2.93. The number of rotatable bonds is 3. The number of amides is 2.